The smallest absolute Gasteiger partial charge is 0.166 e. The molecule has 2 rings (SSSR count). The summed E-state index contributed by atoms with van der Waals surface area (Å²) in [6.45, 7) is 7.78. The quantitative estimate of drug-likeness (QED) is 0.866. The van der Waals surface area contributed by atoms with E-state index in [-0.39, 0.29) is 5.54 Å². The lowest BCUT2D eigenvalue weighted by atomic mass is 10.1. The molecule has 2 aromatic rings. The van der Waals surface area contributed by atoms with Crippen LogP contribution in [-0.4, -0.2) is 12.6 Å². The van der Waals surface area contributed by atoms with Crippen LogP contribution >= 0.6 is 11.3 Å². The summed E-state index contributed by atoms with van der Waals surface area (Å²) in [5.41, 5.74) is 1.18. The molecule has 1 N–H and O–H groups in total. The van der Waals surface area contributed by atoms with E-state index in [1.54, 1.807) is 18.4 Å². The fourth-order valence-electron chi connectivity index (χ4n) is 1.92. The van der Waals surface area contributed by atoms with Crippen molar-refractivity contribution in [3.05, 3.63) is 46.2 Å². The van der Waals surface area contributed by atoms with Gasteiger partial charge in [0.2, 0.25) is 0 Å². The molecule has 0 bridgehead atoms. The van der Waals surface area contributed by atoms with Gasteiger partial charge < -0.3 is 14.8 Å². The number of hydrogen-bond acceptors (Lipinski definition) is 4. The van der Waals surface area contributed by atoms with Crippen LogP contribution in [0.5, 0.6) is 11.5 Å². The van der Waals surface area contributed by atoms with Crippen molar-refractivity contribution in [3.8, 4) is 11.5 Å². The summed E-state index contributed by atoms with van der Waals surface area (Å²) in [6, 6.07) is 10.1. The van der Waals surface area contributed by atoms with Crippen molar-refractivity contribution in [2.45, 2.75) is 39.5 Å². The van der Waals surface area contributed by atoms with Crippen molar-refractivity contribution < 1.29 is 9.47 Å². The molecular weight excluding hydrogens is 282 g/mol. The minimum Gasteiger partial charge on any atom is -0.493 e. The Morgan fingerprint density at radius 3 is 2.57 bits per heavy atom. The minimum atomic E-state index is 0.0636. The molecule has 0 amide bonds. The van der Waals surface area contributed by atoms with Gasteiger partial charge in [-0.25, -0.2) is 0 Å². The third kappa shape index (κ3) is 4.76. The molecule has 0 saturated heterocycles. The average molecular weight is 305 g/mol. The molecule has 0 atom stereocenters. The summed E-state index contributed by atoms with van der Waals surface area (Å²) in [5, 5.41) is 5.55. The van der Waals surface area contributed by atoms with Gasteiger partial charge in [-0.15, -0.1) is 11.3 Å². The number of para-hydroxylation sites is 1. The first-order chi connectivity index (χ1) is 9.99. The van der Waals surface area contributed by atoms with Crippen LogP contribution < -0.4 is 14.8 Å². The minimum absolute atomic E-state index is 0.0636. The standard InChI is InChI=1S/C17H23NO2S/c1-17(2,3)18-11-13-7-5-9-15(19-4)16(13)20-12-14-8-6-10-21-14/h5-10,18H,11-12H2,1-4H3. The average Bonchev–Trinajstić information content (AvgIpc) is 2.95. The Hall–Kier alpha value is -1.52. The third-order valence-corrected chi connectivity index (χ3v) is 3.88. The largest absolute Gasteiger partial charge is 0.493 e. The number of thiophene rings is 1. The van der Waals surface area contributed by atoms with Gasteiger partial charge in [-0.3, -0.25) is 0 Å². The Morgan fingerprint density at radius 2 is 1.95 bits per heavy atom. The van der Waals surface area contributed by atoms with Gasteiger partial charge in [0.05, 0.1) is 7.11 Å². The molecule has 1 aromatic heterocycles. The zero-order valence-corrected chi connectivity index (χ0v) is 13.9. The second-order valence-corrected chi connectivity index (χ2v) is 6.95. The molecule has 114 valence electrons. The molecular formula is C17H23NO2S. The van der Waals surface area contributed by atoms with Crippen molar-refractivity contribution in [2.24, 2.45) is 0 Å². The van der Waals surface area contributed by atoms with Crippen molar-refractivity contribution >= 4 is 11.3 Å². The highest BCUT2D eigenvalue weighted by atomic mass is 32.1. The first-order valence-electron chi connectivity index (χ1n) is 7.06. The van der Waals surface area contributed by atoms with Crippen LogP contribution in [-0.2, 0) is 13.2 Å². The lowest BCUT2D eigenvalue weighted by molar-refractivity contribution is 0.282. The lowest BCUT2D eigenvalue weighted by Crippen LogP contribution is -2.35. The zero-order valence-electron chi connectivity index (χ0n) is 13.1. The Balaban J connectivity index is 2.15. The first-order valence-corrected chi connectivity index (χ1v) is 7.93. The lowest BCUT2D eigenvalue weighted by Gasteiger charge is -2.22. The summed E-state index contributed by atoms with van der Waals surface area (Å²) in [6.07, 6.45) is 0. The van der Waals surface area contributed by atoms with Crippen LogP contribution in [0.15, 0.2) is 35.7 Å². The number of benzene rings is 1. The van der Waals surface area contributed by atoms with Gasteiger partial charge in [0.25, 0.3) is 0 Å². The van der Waals surface area contributed by atoms with Gasteiger partial charge in [0.1, 0.15) is 6.61 Å². The third-order valence-electron chi connectivity index (χ3n) is 3.03. The van der Waals surface area contributed by atoms with Crippen LogP contribution in [0.2, 0.25) is 0 Å². The van der Waals surface area contributed by atoms with Crippen molar-refractivity contribution in [3.63, 3.8) is 0 Å². The van der Waals surface area contributed by atoms with E-state index in [9.17, 15) is 0 Å². The number of methoxy groups -OCH3 is 1. The molecule has 0 spiro atoms. The Morgan fingerprint density at radius 1 is 1.14 bits per heavy atom. The van der Waals surface area contributed by atoms with Crippen molar-refractivity contribution in [1.82, 2.24) is 5.32 Å². The van der Waals surface area contributed by atoms with E-state index < -0.39 is 0 Å². The van der Waals surface area contributed by atoms with Gasteiger partial charge in [-0.05, 0) is 38.3 Å². The van der Waals surface area contributed by atoms with Crippen LogP contribution in [0.25, 0.3) is 0 Å². The zero-order chi connectivity index (χ0) is 15.3. The van der Waals surface area contributed by atoms with Crippen molar-refractivity contribution in [2.75, 3.05) is 7.11 Å². The first kappa shape index (κ1) is 15.9. The fourth-order valence-corrected chi connectivity index (χ4v) is 2.54. The van der Waals surface area contributed by atoms with Crippen LogP contribution in [0.3, 0.4) is 0 Å². The molecule has 0 unspecified atom stereocenters. The van der Waals surface area contributed by atoms with E-state index in [1.807, 2.05) is 18.2 Å². The highest BCUT2D eigenvalue weighted by Crippen LogP contribution is 2.32. The number of nitrogens with one attached hydrogen (secondary N) is 1. The predicted molar refractivity (Wildman–Crippen MR) is 88.2 cm³/mol. The van der Waals surface area contributed by atoms with E-state index in [1.165, 1.54) is 4.88 Å². The highest BCUT2D eigenvalue weighted by Gasteiger charge is 2.14. The number of rotatable bonds is 6. The summed E-state index contributed by atoms with van der Waals surface area (Å²) in [4.78, 5) is 1.20. The second-order valence-electron chi connectivity index (χ2n) is 5.92. The normalized spacial score (nSPS) is 11.4. The van der Waals surface area contributed by atoms with Gasteiger partial charge in [0.15, 0.2) is 11.5 Å². The summed E-state index contributed by atoms with van der Waals surface area (Å²) < 4.78 is 11.5. The molecule has 0 aliphatic carbocycles. The molecule has 3 nitrogen and oxygen atoms in total. The molecule has 4 heteroatoms. The topological polar surface area (TPSA) is 30.5 Å². The molecule has 0 aliphatic heterocycles. The van der Waals surface area contributed by atoms with Crippen LogP contribution in [0.4, 0.5) is 0 Å². The fraction of sp³-hybridized carbons (Fsp3) is 0.412. The van der Waals surface area contributed by atoms with E-state index >= 15 is 0 Å². The molecule has 0 radical (unpaired) electrons. The van der Waals surface area contributed by atoms with Crippen molar-refractivity contribution in [1.29, 1.82) is 0 Å². The van der Waals surface area contributed by atoms with Gasteiger partial charge in [-0.1, -0.05) is 18.2 Å². The number of hydrogen-bond donors (Lipinski definition) is 1. The Labute approximate surface area is 130 Å². The predicted octanol–water partition coefficient (Wildman–Crippen LogP) is 4.22. The number of ether oxygens (including phenoxy) is 2. The van der Waals surface area contributed by atoms with Crippen LogP contribution in [0.1, 0.15) is 31.2 Å². The molecule has 0 saturated carbocycles. The second kappa shape index (κ2) is 6.96. The van der Waals surface area contributed by atoms with Gasteiger partial charge in [0, 0.05) is 22.5 Å². The maximum absolute atomic E-state index is 6.01. The SMILES string of the molecule is COc1cccc(CNC(C)(C)C)c1OCc1cccs1. The summed E-state index contributed by atoms with van der Waals surface area (Å²) in [5.74, 6) is 1.60. The summed E-state index contributed by atoms with van der Waals surface area (Å²) in [7, 11) is 1.67. The summed E-state index contributed by atoms with van der Waals surface area (Å²) >= 11 is 1.70. The van der Waals surface area contributed by atoms with E-state index in [4.69, 9.17) is 9.47 Å². The van der Waals surface area contributed by atoms with Crippen LogP contribution in [0, 0.1) is 0 Å². The molecule has 21 heavy (non-hydrogen) atoms. The Bertz CT molecular complexity index is 559. The molecule has 1 aromatic carbocycles. The maximum atomic E-state index is 6.01. The molecule has 1 heterocycles. The monoisotopic (exact) mass is 305 g/mol. The van der Waals surface area contributed by atoms with Gasteiger partial charge in [-0.2, -0.15) is 0 Å². The van der Waals surface area contributed by atoms with Gasteiger partial charge >= 0.3 is 0 Å². The molecule has 0 fully saturated rings. The Kier molecular flexibility index (Phi) is 5.26. The van der Waals surface area contributed by atoms with E-state index in [2.05, 4.69) is 43.6 Å². The maximum Gasteiger partial charge on any atom is 0.166 e. The molecule has 0 aliphatic rings. The van der Waals surface area contributed by atoms with E-state index in [0.717, 1.165) is 23.6 Å². The van der Waals surface area contributed by atoms with E-state index in [0.29, 0.717) is 6.61 Å². The highest BCUT2D eigenvalue weighted by molar-refractivity contribution is 7.09.